The summed E-state index contributed by atoms with van der Waals surface area (Å²) in [6.07, 6.45) is 0. The third kappa shape index (κ3) is 2.59. The zero-order valence-corrected chi connectivity index (χ0v) is 10.5. The highest BCUT2D eigenvalue weighted by Gasteiger charge is 2.15. The summed E-state index contributed by atoms with van der Waals surface area (Å²) in [4.78, 5) is 0.117. The van der Waals surface area contributed by atoms with Gasteiger partial charge in [-0.25, -0.2) is 13.6 Å². The van der Waals surface area contributed by atoms with E-state index in [4.69, 9.17) is 10.9 Å². The van der Waals surface area contributed by atoms with Crippen molar-refractivity contribution in [2.24, 2.45) is 10.9 Å². The average molecular weight is 262 g/mol. The fraction of sp³-hybridized carbons (Fsp3) is 0.0769. The molecule has 0 spiro atoms. The first-order valence-electron chi connectivity index (χ1n) is 5.43. The van der Waals surface area contributed by atoms with E-state index in [1.807, 2.05) is 30.3 Å². The van der Waals surface area contributed by atoms with E-state index in [0.717, 1.165) is 11.1 Å². The van der Waals surface area contributed by atoms with Gasteiger partial charge in [-0.15, -0.1) is 0 Å². The van der Waals surface area contributed by atoms with Gasteiger partial charge < -0.3 is 5.73 Å². The Hall–Kier alpha value is -1.69. The van der Waals surface area contributed by atoms with Crippen LogP contribution in [-0.4, -0.2) is 8.42 Å². The molecular formula is C13H14N2O2S. The van der Waals surface area contributed by atoms with Crippen molar-refractivity contribution in [3.05, 3.63) is 54.1 Å². The summed E-state index contributed by atoms with van der Waals surface area (Å²) >= 11 is 0. The van der Waals surface area contributed by atoms with Crippen molar-refractivity contribution < 1.29 is 8.42 Å². The Labute approximate surface area is 106 Å². The number of hydrogen-bond donors (Lipinski definition) is 2. The second-order valence-electron chi connectivity index (χ2n) is 3.95. The zero-order chi connectivity index (χ0) is 13.2. The highest BCUT2D eigenvalue weighted by Crippen LogP contribution is 2.27. The Morgan fingerprint density at radius 2 is 1.67 bits per heavy atom. The van der Waals surface area contributed by atoms with Gasteiger partial charge in [0.05, 0.1) is 4.90 Å². The first kappa shape index (κ1) is 12.8. The Morgan fingerprint density at radius 3 is 2.22 bits per heavy atom. The van der Waals surface area contributed by atoms with Crippen LogP contribution in [0.5, 0.6) is 0 Å². The SMILES string of the molecule is NCc1ccc(S(N)(=O)=O)c(-c2ccccc2)c1. The Bertz CT molecular complexity index is 652. The van der Waals surface area contributed by atoms with Crippen LogP contribution in [0.3, 0.4) is 0 Å². The minimum Gasteiger partial charge on any atom is -0.326 e. The van der Waals surface area contributed by atoms with E-state index in [2.05, 4.69) is 0 Å². The van der Waals surface area contributed by atoms with Crippen LogP contribution >= 0.6 is 0 Å². The smallest absolute Gasteiger partial charge is 0.238 e. The number of rotatable bonds is 3. The topological polar surface area (TPSA) is 86.2 Å². The Balaban J connectivity index is 2.70. The highest BCUT2D eigenvalue weighted by molar-refractivity contribution is 7.89. The molecule has 0 aromatic heterocycles. The lowest BCUT2D eigenvalue weighted by molar-refractivity contribution is 0.598. The van der Waals surface area contributed by atoms with Gasteiger partial charge in [-0.05, 0) is 23.3 Å². The maximum Gasteiger partial charge on any atom is 0.238 e. The van der Waals surface area contributed by atoms with Gasteiger partial charge in [-0.2, -0.15) is 0 Å². The summed E-state index contributed by atoms with van der Waals surface area (Å²) < 4.78 is 23.1. The predicted molar refractivity (Wildman–Crippen MR) is 71.1 cm³/mol. The van der Waals surface area contributed by atoms with E-state index >= 15 is 0 Å². The number of benzene rings is 2. The lowest BCUT2D eigenvalue weighted by atomic mass is 10.0. The van der Waals surface area contributed by atoms with Crippen molar-refractivity contribution in [1.29, 1.82) is 0 Å². The second kappa shape index (κ2) is 4.89. The maximum atomic E-state index is 11.6. The maximum absolute atomic E-state index is 11.6. The van der Waals surface area contributed by atoms with Crippen LogP contribution in [0.1, 0.15) is 5.56 Å². The molecule has 0 aliphatic rings. The molecule has 0 bridgehead atoms. The van der Waals surface area contributed by atoms with Gasteiger partial charge in [-0.3, -0.25) is 0 Å². The first-order chi connectivity index (χ1) is 8.52. The molecule has 0 aliphatic heterocycles. The quantitative estimate of drug-likeness (QED) is 0.878. The lowest BCUT2D eigenvalue weighted by Crippen LogP contribution is -2.14. The van der Waals surface area contributed by atoms with Crippen molar-refractivity contribution in [2.45, 2.75) is 11.4 Å². The van der Waals surface area contributed by atoms with Crippen LogP contribution in [0.2, 0.25) is 0 Å². The molecule has 0 atom stereocenters. The van der Waals surface area contributed by atoms with Gasteiger partial charge in [0.15, 0.2) is 0 Å². The van der Waals surface area contributed by atoms with Crippen LogP contribution in [0.15, 0.2) is 53.4 Å². The average Bonchev–Trinajstić information content (AvgIpc) is 2.38. The van der Waals surface area contributed by atoms with Crippen LogP contribution in [0.25, 0.3) is 11.1 Å². The van der Waals surface area contributed by atoms with Crippen LogP contribution < -0.4 is 10.9 Å². The monoisotopic (exact) mass is 262 g/mol. The molecule has 4 nitrogen and oxygen atoms in total. The molecule has 0 heterocycles. The largest absolute Gasteiger partial charge is 0.326 e. The van der Waals surface area contributed by atoms with Crippen molar-refractivity contribution >= 4 is 10.0 Å². The molecule has 0 fully saturated rings. The number of hydrogen-bond acceptors (Lipinski definition) is 3. The molecule has 0 saturated heterocycles. The van der Waals surface area contributed by atoms with E-state index in [9.17, 15) is 8.42 Å². The number of primary sulfonamides is 1. The van der Waals surface area contributed by atoms with E-state index < -0.39 is 10.0 Å². The van der Waals surface area contributed by atoms with E-state index in [0.29, 0.717) is 12.1 Å². The van der Waals surface area contributed by atoms with Gasteiger partial charge in [-0.1, -0.05) is 36.4 Å². The summed E-state index contributed by atoms with van der Waals surface area (Å²) in [5.41, 5.74) is 7.82. The van der Waals surface area contributed by atoms with Gasteiger partial charge in [0.2, 0.25) is 10.0 Å². The van der Waals surface area contributed by atoms with Crippen molar-refractivity contribution in [3.63, 3.8) is 0 Å². The molecule has 4 N–H and O–H groups in total. The molecular weight excluding hydrogens is 248 g/mol. The molecule has 0 amide bonds. The normalized spacial score (nSPS) is 11.4. The van der Waals surface area contributed by atoms with E-state index in [1.54, 1.807) is 12.1 Å². The van der Waals surface area contributed by atoms with Gasteiger partial charge in [0.1, 0.15) is 0 Å². The molecule has 0 radical (unpaired) electrons. The minimum atomic E-state index is -3.75. The predicted octanol–water partition coefficient (Wildman–Crippen LogP) is 1.46. The molecule has 2 rings (SSSR count). The number of sulfonamides is 1. The summed E-state index contributed by atoms with van der Waals surface area (Å²) in [7, 11) is -3.75. The molecule has 18 heavy (non-hydrogen) atoms. The van der Waals surface area contributed by atoms with Gasteiger partial charge in [0.25, 0.3) is 0 Å². The highest BCUT2D eigenvalue weighted by atomic mass is 32.2. The van der Waals surface area contributed by atoms with E-state index in [-0.39, 0.29) is 4.90 Å². The fourth-order valence-electron chi connectivity index (χ4n) is 1.80. The lowest BCUT2D eigenvalue weighted by Gasteiger charge is -2.09. The van der Waals surface area contributed by atoms with Gasteiger partial charge >= 0.3 is 0 Å². The fourth-order valence-corrected chi connectivity index (χ4v) is 2.54. The zero-order valence-electron chi connectivity index (χ0n) is 9.71. The van der Waals surface area contributed by atoms with Crippen molar-refractivity contribution in [3.8, 4) is 11.1 Å². The van der Waals surface area contributed by atoms with Crippen molar-refractivity contribution in [2.75, 3.05) is 0 Å². The van der Waals surface area contributed by atoms with E-state index in [1.165, 1.54) is 6.07 Å². The minimum absolute atomic E-state index is 0.117. The molecule has 94 valence electrons. The van der Waals surface area contributed by atoms with Crippen LogP contribution in [0, 0.1) is 0 Å². The molecule has 5 heteroatoms. The second-order valence-corrected chi connectivity index (χ2v) is 5.48. The molecule has 0 unspecified atom stereocenters. The molecule has 0 saturated carbocycles. The van der Waals surface area contributed by atoms with Crippen LogP contribution in [0.4, 0.5) is 0 Å². The third-order valence-corrected chi connectivity index (χ3v) is 3.64. The summed E-state index contributed by atoms with van der Waals surface area (Å²) in [5, 5.41) is 5.23. The Kier molecular flexibility index (Phi) is 3.47. The standard InChI is InChI=1S/C13H14N2O2S/c14-9-10-6-7-13(18(15,16)17)12(8-10)11-4-2-1-3-5-11/h1-8H,9,14H2,(H2,15,16,17). The molecule has 2 aromatic rings. The summed E-state index contributed by atoms with van der Waals surface area (Å²) in [6, 6.07) is 14.2. The summed E-state index contributed by atoms with van der Waals surface area (Å²) in [5.74, 6) is 0. The van der Waals surface area contributed by atoms with Crippen LogP contribution in [-0.2, 0) is 16.6 Å². The Morgan fingerprint density at radius 1 is 1.00 bits per heavy atom. The molecule has 2 aromatic carbocycles. The molecule has 0 aliphatic carbocycles. The first-order valence-corrected chi connectivity index (χ1v) is 6.98. The van der Waals surface area contributed by atoms with Gasteiger partial charge in [0, 0.05) is 12.1 Å². The third-order valence-electron chi connectivity index (χ3n) is 2.67. The number of nitrogens with two attached hydrogens (primary N) is 2. The van der Waals surface area contributed by atoms with Crippen molar-refractivity contribution in [1.82, 2.24) is 0 Å². The summed E-state index contributed by atoms with van der Waals surface area (Å²) in [6.45, 7) is 0.352.